The normalized spacial score (nSPS) is 17.3. The molecule has 1 saturated heterocycles. The molecule has 1 aliphatic rings. The number of carbonyl (C=O) groups excluding carboxylic acids is 1. The quantitative estimate of drug-likeness (QED) is 0.491. The van der Waals surface area contributed by atoms with E-state index < -0.39 is 17.8 Å². The molecule has 1 fully saturated rings. The first kappa shape index (κ1) is 22.9. The van der Waals surface area contributed by atoms with Gasteiger partial charge < -0.3 is 14.9 Å². The van der Waals surface area contributed by atoms with Gasteiger partial charge in [0, 0.05) is 29.7 Å². The molecule has 0 spiro atoms. The molecule has 1 heterocycles. The number of aliphatic hydroxyl groups excluding tert-OH is 1. The lowest BCUT2D eigenvalue weighted by Crippen LogP contribution is -2.51. The molecule has 4 nitrogen and oxygen atoms in total. The average Bonchev–Trinajstić information content (AvgIpc) is 2.79. The minimum absolute atomic E-state index is 0.218. The van der Waals surface area contributed by atoms with Gasteiger partial charge in [0.15, 0.2) is 6.10 Å². The lowest BCUT2D eigenvalue weighted by atomic mass is 10.00. The van der Waals surface area contributed by atoms with Crippen LogP contribution in [0.5, 0.6) is 0 Å². The Bertz CT molecular complexity index is 1110. The van der Waals surface area contributed by atoms with Crippen molar-refractivity contribution in [3.8, 4) is 0 Å². The maximum absolute atomic E-state index is 13.2. The Labute approximate surface area is 200 Å². The molecule has 2 atom stereocenters. The van der Waals surface area contributed by atoms with Crippen LogP contribution in [0.25, 0.3) is 0 Å². The zero-order valence-corrected chi connectivity index (χ0v) is 19.2. The highest BCUT2D eigenvalue weighted by Gasteiger charge is 2.34. The van der Waals surface area contributed by atoms with Gasteiger partial charge >= 0.3 is 0 Å². The molecule has 0 bridgehead atoms. The Kier molecular flexibility index (Phi) is 6.91. The van der Waals surface area contributed by atoms with E-state index in [4.69, 9.17) is 34.8 Å². The van der Waals surface area contributed by atoms with Crippen LogP contribution in [0.15, 0.2) is 66.7 Å². The largest absolute Gasteiger partial charge is 0.378 e. The van der Waals surface area contributed by atoms with Gasteiger partial charge in [-0.1, -0.05) is 59.1 Å². The summed E-state index contributed by atoms with van der Waals surface area (Å²) in [7, 11) is 0. The van der Waals surface area contributed by atoms with Gasteiger partial charge in [0.05, 0.1) is 16.8 Å². The zero-order valence-electron chi connectivity index (χ0n) is 16.9. The summed E-state index contributed by atoms with van der Waals surface area (Å²) in [6, 6.07) is 17.8. The van der Waals surface area contributed by atoms with Gasteiger partial charge in [-0.05, 0) is 53.6 Å². The summed E-state index contributed by atoms with van der Waals surface area (Å²) in [4.78, 5) is 16.8. The van der Waals surface area contributed by atoms with Crippen LogP contribution in [0.2, 0.25) is 15.1 Å². The van der Waals surface area contributed by atoms with Crippen molar-refractivity contribution in [2.24, 2.45) is 0 Å². The standard InChI is InChI=1S/C24H20Cl3FN2O2/c25-17-5-1-15(2-6-17)22-14-29(24(32)23(31)16-3-8-19(28)9-4-16)11-12-30(22)21-10-7-18(26)13-20(21)27/h1-10,13,22-23,31H,11-12,14H2/t22-,23?/m0/s1. The molecule has 1 unspecified atom stereocenters. The second kappa shape index (κ2) is 9.67. The number of hydrogen-bond acceptors (Lipinski definition) is 3. The average molecular weight is 494 g/mol. The Morgan fingerprint density at radius 3 is 2.25 bits per heavy atom. The minimum atomic E-state index is -1.37. The molecule has 1 N–H and O–H groups in total. The molecule has 0 radical (unpaired) electrons. The lowest BCUT2D eigenvalue weighted by molar-refractivity contribution is -0.141. The summed E-state index contributed by atoms with van der Waals surface area (Å²) in [6.07, 6.45) is -1.37. The van der Waals surface area contributed by atoms with E-state index in [0.717, 1.165) is 11.3 Å². The zero-order chi connectivity index (χ0) is 22.8. The molecular weight excluding hydrogens is 474 g/mol. The second-order valence-electron chi connectivity index (χ2n) is 7.59. The van der Waals surface area contributed by atoms with Crippen molar-refractivity contribution >= 4 is 46.4 Å². The molecule has 0 aromatic heterocycles. The third kappa shape index (κ3) is 4.86. The molecule has 166 valence electrons. The summed E-state index contributed by atoms with van der Waals surface area (Å²) in [6.45, 7) is 1.22. The number of carbonyl (C=O) groups is 1. The number of benzene rings is 3. The summed E-state index contributed by atoms with van der Waals surface area (Å²) in [5.41, 5.74) is 2.11. The van der Waals surface area contributed by atoms with Gasteiger partial charge in [0.25, 0.3) is 5.91 Å². The topological polar surface area (TPSA) is 43.8 Å². The Balaban J connectivity index is 1.63. The summed E-state index contributed by atoms with van der Waals surface area (Å²) in [5, 5.41) is 12.3. The molecule has 1 amide bonds. The molecule has 32 heavy (non-hydrogen) atoms. The van der Waals surface area contributed by atoms with Crippen LogP contribution in [0, 0.1) is 5.82 Å². The predicted octanol–water partition coefficient (Wildman–Crippen LogP) is 5.91. The van der Waals surface area contributed by atoms with E-state index in [9.17, 15) is 14.3 Å². The van der Waals surface area contributed by atoms with Crippen molar-refractivity contribution in [1.29, 1.82) is 0 Å². The minimum Gasteiger partial charge on any atom is -0.378 e. The number of halogens is 4. The van der Waals surface area contributed by atoms with Crippen LogP contribution in [0.4, 0.5) is 10.1 Å². The number of piperazine rings is 1. The number of amides is 1. The van der Waals surface area contributed by atoms with Gasteiger partial charge in [-0.3, -0.25) is 4.79 Å². The number of anilines is 1. The van der Waals surface area contributed by atoms with E-state index in [0.29, 0.717) is 40.3 Å². The fourth-order valence-corrected chi connectivity index (χ4v) is 4.56. The molecule has 8 heteroatoms. The van der Waals surface area contributed by atoms with Crippen LogP contribution in [0.1, 0.15) is 23.3 Å². The maximum Gasteiger partial charge on any atom is 0.256 e. The van der Waals surface area contributed by atoms with Crippen LogP contribution >= 0.6 is 34.8 Å². The summed E-state index contributed by atoms with van der Waals surface area (Å²) >= 11 is 18.6. The van der Waals surface area contributed by atoms with Gasteiger partial charge in [0.1, 0.15) is 5.82 Å². The smallest absolute Gasteiger partial charge is 0.256 e. The lowest BCUT2D eigenvalue weighted by Gasteiger charge is -2.44. The first-order valence-corrected chi connectivity index (χ1v) is 11.2. The van der Waals surface area contributed by atoms with E-state index >= 15 is 0 Å². The fourth-order valence-electron chi connectivity index (χ4n) is 3.92. The van der Waals surface area contributed by atoms with E-state index in [-0.39, 0.29) is 6.04 Å². The van der Waals surface area contributed by atoms with Crippen LogP contribution in [-0.4, -0.2) is 35.5 Å². The third-order valence-electron chi connectivity index (χ3n) is 5.59. The number of nitrogens with zero attached hydrogens (tertiary/aromatic N) is 2. The predicted molar refractivity (Wildman–Crippen MR) is 126 cm³/mol. The van der Waals surface area contributed by atoms with E-state index in [2.05, 4.69) is 4.90 Å². The van der Waals surface area contributed by atoms with Crippen molar-refractivity contribution in [2.75, 3.05) is 24.5 Å². The molecular formula is C24H20Cl3FN2O2. The number of rotatable bonds is 4. The third-order valence-corrected chi connectivity index (χ3v) is 6.38. The van der Waals surface area contributed by atoms with Gasteiger partial charge in [-0.15, -0.1) is 0 Å². The first-order chi connectivity index (χ1) is 15.3. The van der Waals surface area contributed by atoms with Crippen molar-refractivity contribution in [3.63, 3.8) is 0 Å². The Morgan fingerprint density at radius 1 is 0.938 bits per heavy atom. The highest BCUT2D eigenvalue weighted by atomic mass is 35.5. The summed E-state index contributed by atoms with van der Waals surface area (Å²) < 4.78 is 13.2. The van der Waals surface area contributed by atoms with Crippen molar-refractivity contribution in [3.05, 3.63) is 98.7 Å². The molecule has 3 aromatic carbocycles. The van der Waals surface area contributed by atoms with E-state index in [1.807, 2.05) is 18.2 Å². The Morgan fingerprint density at radius 2 is 1.59 bits per heavy atom. The maximum atomic E-state index is 13.2. The highest BCUT2D eigenvalue weighted by Crippen LogP contribution is 2.37. The number of aliphatic hydroxyl groups is 1. The first-order valence-electron chi connectivity index (χ1n) is 10.0. The van der Waals surface area contributed by atoms with Gasteiger partial charge in [-0.25, -0.2) is 4.39 Å². The van der Waals surface area contributed by atoms with Crippen LogP contribution in [0.3, 0.4) is 0 Å². The fraction of sp³-hybridized carbons (Fsp3) is 0.208. The van der Waals surface area contributed by atoms with Crippen LogP contribution < -0.4 is 4.90 Å². The highest BCUT2D eigenvalue weighted by molar-refractivity contribution is 6.36. The molecule has 0 saturated carbocycles. The molecule has 0 aliphatic carbocycles. The molecule has 3 aromatic rings. The summed E-state index contributed by atoms with van der Waals surface area (Å²) in [5.74, 6) is -0.859. The number of hydrogen-bond donors (Lipinski definition) is 1. The SMILES string of the molecule is O=C(C(O)c1ccc(F)cc1)N1CCN(c2ccc(Cl)cc2Cl)[C@H](c2ccc(Cl)cc2)C1. The molecule has 4 rings (SSSR count). The van der Waals surface area contributed by atoms with Crippen molar-refractivity contribution in [2.45, 2.75) is 12.1 Å². The van der Waals surface area contributed by atoms with E-state index in [1.165, 1.54) is 24.3 Å². The van der Waals surface area contributed by atoms with E-state index in [1.54, 1.807) is 29.2 Å². The second-order valence-corrected chi connectivity index (χ2v) is 8.87. The van der Waals surface area contributed by atoms with Crippen LogP contribution in [-0.2, 0) is 4.79 Å². The van der Waals surface area contributed by atoms with Crippen molar-refractivity contribution in [1.82, 2.24) is 4.90 Å². The van der Waals surface area contributed by atoms with Gasteiger partial charge in [0.2, 0.25) is 0 Å². The molecule has 1 aliphatic heterocycles. The Hall–Kier alpha value is -2.31. The van der Waals surface area contributed by atoms with Gasteiger partial charge in [-0.2, -0.15) is 0 Å². The monoisotopic (exact) mass is 492 g/mol. The van der Waals surface area contributed by atoms with Crippen molar-refractivity contribution < 1.29 is 14.3 Å².